The van der Waals surface area contributed by atoms with Gasteiger partial charge in [0.25, 0.3) is 0 Å². The van der Waals surface area contributed by atoms with E-state index >= 15 is 0 Å². The second kappa shape index (κ2) is 11.2. The minimum absolute atomic E-state index is 0.122. The van der Waals surface area contributed by atoms with Crippen molar-refractivity contribution in [3.05, 3.63) is 59.6 Å². The summed E-state index contributed by atoms with van der Waals surface area (Å²) < 4.78 is 1.89. The van der Waals surface area contributed by atoms with Crippen LogP contribution >= 0.6 is 23.4 Å². The van der Waals surface area contributed by atoms with E-state index in [1.54, 1.807) is 17.0 Å². The highest BCUT2D eigenvalue weighted by molar-refractivity contribution is 7.99. The van der Waals surface area contributed by atoms with Crippen molar-refractivity contribution in [2.45, 2.75) is 18.0 Å². The number of nitrogens with zero attached hydrogens (tertiary/aromatic N) is 6. The summed E-state index contributed by atoms with van der Waals surface area (Å²) in [6, 6.07) is 21.1. The lowest BCUT2D eigenvalue weighted by Gasteiger charge is -2.20. The van der Waals surface area contributed by atoms with Gasteiger partial charge in [0.15, 0.2) is 11.0 Å². The van der Waals surface area contributed by atoms with Gasteiger partial charge >= 0.3 is 0 Å². The van der Waals surface area contributed by atoms with E-state index in [0.717, 1.165) is 11.3 Å². The van der Waals surface area contributed by atoms with Gasteiger partial charge in [0, 0.05) is 29.4 Å². The van der Waals surface area contributed by atoms with E-state index < -0.39 is 0 Å². The van der Waals surface area contributed by atoms with Gasteiger partial charge in [-0.05, 0) is 24.3 Å². The molecule has 1 heterocycles. The molecule has 3 rings (SSSR count). The second-order valence-electron chi connectivity index (χ2n) is 6.47. The Bertz CT molecular complexity index is 1080. The van der Waals surface area contributed by atoms with Gasteiger partial charge in [-0.1, -0.05) is 53.7 Å². The van der Waals surface area contributed by atoms with E-state index in [4.69, 9.17) is 22.1 Å². The first-order valence-corrected chi connectivity index (χ1v) is 10.9. The lowest BCUT2D eigenvalue weighted by molar-refractivity contribution is -0.128. The molecule has 0 spiro atoms. The topological polar surface area (TPSA) is 98.6 Å². The Morgan fingerprint density at radius 2 is 1.65 bits per heavy atom. The fraction of sp³-hybridized carbons (Fsp3) is 0.227. The normalized spacial score (nSPS) is 10.3. The third-order valence-corrected chi connectivity index (χ3v) is 5.58. The predicted octanol–water partition coefficient (Wildman–Crippen LogP) is 4.34. The minimum Gasteiger partial charge on any atom is -0.340 e. The van der Waals surface area contributed by atoms with Crippen molar-refractivity contribution in [1.82, 2.24) is 19.7 Å². The molecule has 0 bridgehead atoms. The van der Waals surface area contributed by atoms with Gasteiger partial charge in [0.05, 0.1) is 30.7 Å². The number of benzene rings is 2. The number of halogens is 1. The fourth-order valence-corrected chi connectivity index (χ4v) is 3.89. The average Bonchev–Trinajstić information content (AvgIpc) is 3.22. The summed E-state index contributed by atoms with van der Waals surface area (Å²) in [4.78, 5) is 14.3. The number of rotatable bonds is 9. The smallest absolute Gasteiger partial charge is 0.233 e. The molecule has 0 fully saturated rings. The number of thioether (sulfide) groups is 1. The Morgan fingerprint density at radius 1 is 1.00 bits per heavy atom. The summed E-state index contributed by atoms with van der Waals surface area (Å²) >= 11 is 7.31. The van der Waals surface area contributed by atoms with Gasteiger partial charge < -0.3 is 4.90 Å². The summed E-state index contributed by atoms with van der Waals surface area (Å²) in [7, 11) is 0. The van der Waals surface area contributed by atoms with E-state index in [9.17, 15) is 4.79 Å². The third-order valence-electron chi connectivity index (χ3n) is 4.41. The highest BCUT2D eigenvalue weighted by Gasteiger charge is 2.19. The number of hydrogen-bond donors (Lipinski definition) is 0. The van der Waals surface area contributed by atoms with Crippen molar-refractivity contribution < 1.29 is 4.79 Å². The van der Waals surface area contributed by atoms with Crippen LogP contribution < -0.4 is 0 Å². The lowest BCUT2D eigenvalue weighted by Crippen LogP contribution is -2.34. The van der Waals surface area contributed by atoms with Crippen LogP contribution in [0.15, 0.2) is 59.8 Å². The molecule has 2 aromatic carbocycles. The van der Waals surface area contributed by atoms with Crippen LogP contribution in [0, 0.1) is 22.7 Å². The van der Waals surface area contributed by atoms with Crippen molar-refractivity contribution in [1.29, 1.82) is 10.5 Å². The molecular weight excluding hydrogens is 432 g/mol. The molecule has 3 aromatic rings. The standard InChI is InChI=1S/C22H19ClN6OS/c23-18-8-10-19(11-9-18)29-21(17-6-2-1-3-7-17)26-27-22(29)31-16-20(30)28(14-4-12-24)15-5-13-25/h1-3,6-11H,4-5,14-16H2. The van der Waals surface area contributed by atoms with Crippen LogP contribution in [-0.2, 0) is 4.79 Å². The molecule has 7 nitrogen and oxygen atoms in total. The molecule has 156 valence electrons. The Kier molecular flexibility index (Phi) is 8.05. The molecule has 0 saturated heterocycles. The monoisotopic (exact) mass is 450 g/mol. The Morgan fingerprint density at radius 3 is 2.26 bits per heavy atom. The van der Waals surface area contributed by atoms with E-state index in [-0.39, 0.29) is 24.5 Å². The van der Waals surface area contributed by atoms with Crippen molar-refractivity contribution in [2.24, 2.45) is 0 Å². The number of carbonyl (C=O) groups excluding carboxylic acids is 1. The van der Waals surface area contributed by atoms with Crippen LogP contribution in [0.1, 0.15) is 12.8 Å². The van der Waals surface area contributed by atoms with Crippen molar-refractivity contribution >= 4 is 29.3 Å². The highest BCUT2D eigenvalue weighted by Crippen LogP contribution is 2.28. The van der Waals surface area contributed by atoms with E-state index in [1.165, 1.54) is 11.8 Å². The molecule has 1 aromatic heterocycles. The van der Waals surface area contributed by atoms with Crippen molar-refractivity contribution in [3.63, 3.8) is 0 Å². The summed E-state index contributed by atoms with van der Waals surface area (Å²) in [5, 5.41) is 27.5. The Labute approximate surface area is 189 Å². The third kappa shape index (κ3) is 5.85. The average molecular weight is 451 g/mol. The number of hydrogen-bond acceptors (Lipinski definition) is 6. The molecule has 0 saturated carbocycles. The minimum atomic E-state index is -0.151. The van der Waals surface area contributed by atoms with Gasteiger partial charge in [0.1, 0.15) is 0 Å². The molecule has 0 radical (unpaired) electrons. The Balaban J connectivity index is 1.86. The first-order valence-electron chi connectivity index (χ1n) is 9.55. The molecule has 0 atom stereocenters. The second-order valence-corrected chi connectivity index (χ2v) is 7.85. The number of nitriles is 2. The van der Waals surface area contributed by atoms with Crippen molar-refractivity contribution in [3.8, 4) is 29.2 Å². The number of carbonyl (C=O) groups is 1. The molecule has 0 aliphatic heterocycles. The molecule has 31 heavy (non-hydrogen) atoms. The lowest BCUT2D eigenvalue weighted by atomic mass is 10.2. The zero-order valence-electron chi connectivity index (χ0n) is 16.6. The molecule has 0 aliphatic carbocycles. The molecule has 0 N–H and O–H groups in total. The van der Waals surface area contributed by atoms with Crippen LogP contribution in [0.2, 0.25) is 5.02 Å². The van der Waals surface area contributed by atoms with Gasteiger partial charge in [-0.15, -0.1) is 10.2 Å². The quantitative estimate of drug-likeness (QED) is 0.450. The number of aromatic nitrogens is 3. The van der Waals surface area contributed by atoms with E-state index in [2.05, 4.69) is 10.2 Å². The first-order chi connectivity index (χ1) is 15.1. The fourth-order valence-electron chi connectivity index (χ4n) is 2.91. The van der Waals surface area contributed by atoms with E-state index in [0.29, 0.717) is 29.1 Å². The van der Waals surface area contributed by atoms with Crippen molar-refractivity contribution in [2.75, 3.05) is 18.8 Å². The predicted molar refractivity (Wildman–Crippen MR) is 120 cm³/mol. The van der Waals surface area contributed by atoms with Gasteiger partial charge in [-0.25, -0.2) is 0 Å². The zero-order chi connectivity index (χ0) is 22.1. The van der Waals surface area contributed by atoms with Gasteiger partial charge in [-0.2, -0.15) is 10.5 Å². The zero-order valence-corrected chi connectivity index (χ0v) is 18.2. The molecule has 0 aliphatic rings. The maximum Gasteiger partial charge on any atom is 0.233 e. The van der Waals surface area contributed by atoms with Crippen LogP contribution in [0.25, 0.3) is 17.1 Å². The highest BCUT2D eigenvalue weighted by atomic mass is 35.5. The molecule has 9 heteroatoms. The summed E-state index contributed by atoms with van der Waals surface area (Å²) in [5.41, 5.74) is 1.72. The maximum absolute atomic E-state index is 12.7. The summed E-state index contributed by atoms with van der Waals surface area (Å²) in [6.45, 7) is 0.605. The largest absolute Gasteiger partial charge is 0.340 e. The SMILES string of the molecule is N#CCCN(CCC#N)C(=O)CSc1nnc(-c2ccccc2)n1-c1ccc(Cl)cc1. The molecular formula is C22H19ClN6OS. The maximum atomic E-state index is 12.7. The van der Waals surface area contributed by atoms with E-state index in [1.807, 2.05) is 59.2 Å². The van der Waals surface area contributed by atoms with Crippen LogP contribution in [0.5, 0.6) is 0 Å². The van der Waals surface area contributed by atoms with Gasteiger partial charge in [0.2, 0.25) is 5.91 Å². The first kappa shape index (κ1) is 22.4. The molecule has 1 amide bonds. The Hall–Kier alpha value is -3.33. The molecule has 0 unspecified atom stereocenters. The summed E-state index contributed by atoms with van der Waals surface area (Å²) in [6.07, 6.45) is 0.446. The van der Waals surface area contributed by atoms with Crippen LogP contribution in [0.3, 0.4) is 0 Å². The van der Waals surface area contributed by atoms with Gasteiger partial charge in [-0.3, -0.25) is 9.36 Å². The van der Waals surface area contributed by atoms with Crippen LogP contribution in [-0.4, -0.2) is 44.4 Å². The summed E-state index contributed by atoms with van der Waals surface area (Å²) in [5.74, 6) is 0.628. The van der Waals surface area contributed by atoms with Crippen LogP contribution in [0.4, 0.5) is 0 Å². The number of amides is 1.